The molecule has 1 unspecified atom stereocenters. The van der Waals surface area contributed by atoms with E-state index in [-0.39, 0.29) is 18.6 Å². The molecule has 1 fully saturated rings. The van der Waals surface area contributed by atoms with Crippen molar-refractivity contribution in [2.45, 2.75) is 6.10 Å². The molecule has 0 radical (unpaired) electrons. The number of carbonyl (C=O) groups excluding carboxylic acids is 1. The average Bonchev–Trinajstić information content (AvgIpc) is 2.41. The van der Waals surface area contributed by atoms with Crippen LogP contribution < -0.4 is 0 Å². The number of amides is 1. The number of benzene rings is 1. The molecule has 1 aliphatic rings. The van der Waals surface area contributed by atoms with Crippen LogP contribution in [0.4, 0.5) is 0 Å². The van der Waals surface area contributed by atoms with Gasteiger partial charge in [0.2, 0.25) is 0 Å². The number of aliphatic hydroxyl groups is 1. The van der Waals surface area contributed by atoms with Crippen LogP contribution in [0.1, 0.15) is 10.4 Å². The fourth-order valence-corrected chi connectivity index (χ4v) is 2.25. The summed E-state index contributed by atoms with van der Waals surface area (Å²) >= 11 is 9.26. The summed E-state index contributed by atoms with van der Waals surface area (Å²) in [5.74, 6) is -0.0915. The Kier molecular flexibility index (Phi) is 4.61. The minimum Gasteiger partial charge on any atom is -0.394 e. The number of nitrogens with zero attached hydrogens (tertiary/aromatic N) is 1. The molecule has 6 heteroatoms. The summed E-state index contributed by atoms with van der Waals surface area (Å²) in [6, 6.07) is 5.11. The van der Waals surface area contributed by atoms with Gasteiger partial charge in [0.05, 0.1) is 24.3 Å². The summed E-state index contributed by atoms with van der Waals surface area (Å²) in [6.45, 7) is 1.30. The third-order valence-corrected chi connectivity index (χ3v) is 4.03. The molecule has 1 N–H and O–H groups in total. The fraction of sp³-hybridized carbons (Fsp3) is 0.417. The molecule has 18 heavy (non-hydrogen) atoms. The van der Waals surface area contributed by atoms with Gasteiger partial charge < -0.3 is 14.7 Å². The third-order valence-electron chi connectivity index (χ3n) is 2.80. The van der Waals surface area contributed by atoms with Gasteiger partial charge in [0.15, 0.2) is 0 Å². The van der Waals surface area contributed by atoms with E-state index in [4.69, 9.17) is 21.4 Å². The number of hydrogen-bond donors (Lipinski definition) is 1. The molecule has 0 bridgehead atoms. The van der Waals surface area contributed by atoms with Crippen molar-refractivity contribution in [1.29, 1.82) is 0 Å². The van der Waals surface area contributed by atoms with Crippen molar-refractivity contribution in [1.82, 2.24) is 4.90 Å². The molecule has 1 amide bonds. The second-order valence-corrected chi connectivity index (χ2v) is 5.32. The first-order valence-corrected chi connectivity index (χ1v) is 6.75. The number of ether oxygens (including phenoxy) is 1. The van der Waals surface area contributed by atoms with Gasteiger partial charge >= 0.3 is 0 Å². The van der Waals surface area contributed by atoms with E-state index in [0.29, 0.717) is 30.3 Å². The van der Waals surface area contributed by atoms with E-state index in [1.54, 1.807) is 23.1 Å². The highest BCUT2D eigenvalue weighted by Crippen LogP contribution is 2.24. The second kappa shape index (κ2) is 6.02. The highest BCUT2D eigenvalue weighted by Gasteiger charge is 2.24. The molecule has 0 aliphatic carbocycles. The number of morpholine rings is 1. The Hall–Kier alpha value is -0.620. The van der Waals surface area contributed by atoms with Gasteiger partial charge in [0, 0.05) is 23.1 Å². The van der Waals surface area contributed by atoms with Crippen molar-refractivity contribution in [2.75, 3.05) is 26.3 Å². The molecule has 1 aliphatic heterocycles. The summed E-state index contributed by atoms with van der Waals surface area (Å²) in [5.41, 5.74) is 0.543. The number of carbonyl (C=O) groups is 1. The van der Waals surface area contributed by atoms with Crippen LogP contribution in [-0.2, 0) is 4.74 Å². The molecule has 1 atom stereocenters. The SMILES string of the molecule is O=C(c1ccc(Br)c(Cl)c1)N1CCOC(CO)C1. The molecule has 1 aromatic carbocycles. The van der Waals surface area contributed by atoms with Crippen LogP contribution in [-0.4, -0.2) is 48.3 Å². The highest BCUT2D eigenvalue weighted by atomic mass is 79.9. The fourth-order valence-electron chi connectivity index (χ4n) is 1.83. The van der Waals surface area contributed by atoms with E-state index in [9.17, 15) is 4.79 Å². The molecular weight excluding hydrogens is 321 g/mol. The Balaban J connectivity index is 2.12. The molecule has 0 spiro atoms. The minimum atomic E-state index is -0.298. The Morgan fingerprint density at radius 2 is 2.39 bits per heavy atom. The Morgan fingerprint density at radius 1 is 1.61 bits per heavy atom. The first kappa shape index (κ1) is 13.8. The smallest absolute Gasteiger partial charge is 0.254 e. The summed E-state index contributed by atoms with van der Waals surface area (Å²) in [4.78, 5) is 13.9. The minimum absolute atomic E-state index is 0.0785. The molecule has 1 heterocycles. The van der Waals surface area contributed by atoms with Crippen molar-refractivity contribution < 1.29 is 14.6 Å². The topological polar surface area (TPSA) is 49.8 Å². The van der Waals surface area contributed by atoms with Gasteiger partial charge in [0.25, 0.3) is 5.91 Å². The van der Waals surface area contributed by atoms with Crippen LogP contribution in [0, 0.1) is 0 Å². The maximum absolute atomic E-state index is 12.2. The molecule has 2 rings (SSSR count). The standard InChI is InChI=1S/C12H13BrClNO3/c13-10-2-1-8(5-11(10)14)12(17)15-3-4-18-9(6-15)7-16/h1-2,5,9,16H,3-4,6-7H2. The molecule has 0 aromatic heterocycles. The van der Waals surface area contributed by atoms with Gasteiger partial charge in [-0.3, -0.25) is 4.79 Å². The predicted octanol–water partition coefficient (Wildman–Crippen LogP) is 1.94. The molecule has 4 nitrogen and oxygen atoms in total. The Morgan fingerprint density at radius 3 is 3.06 bits per heavy atom. The van der Waals surface area contributed by atoms with Gasteiger partial charge in [-0.05, 0) is 34.1 Å². The molecule has 1 saturated heterocycles. The first-order chi connectivity index (χ1) is 8.61. The molecular formula is C12H13BrClNO3. The van der Waals surface area contributed by atoms with E-state index < -0.39 is 0 Å². The largest absolute Gasteiger partial charge is 0.394 e. The van der Waals surface area contributed by atoms with Gasteiger partial charge in [-0.1, -0.05) is 11.6 Å². The number of hydrogen-bond acceptors (Lipinski definition) is 3. The zero-order chi connectivity index (χ0) is 13.1. The predicted molar refractivity (Wildman–Crippen MR) is 71.9 cm³/mol. The van der Waals surface area contributed by atoms with Crippen molar-refractivity contribution >= 4 is 33.4 Å². The van der Waals surface area contributed by atoms with Gasteiger partial charge in [0.1, 0.15) is 0 Å². The van der Waals surface area contributed by atoms with Crippen LogP contribution in [0.15, 0.2) is 22.7 Å². The van der Waals surface area contributed by atoms with Gasteiger partial charge in [-0.15, -0.1) is 0 Å². The molecule has 0 saturated carbocycles. The maximum atomic E-state index is 12.2. The van der Waals surface area contributed by atoms with E-state index in [1.165, 1.54) is 0 Å². The lowest BCUT2D eigenvalue weighted by Gasteiger charge is -2.32. The molecule has 98 valence electrons. The van der Waals surface area contributed by atoms with Crippen LogP contribution in [0.3, 0.4) is 0 Å². The first-order valence-electron chi connectivity index (χ1n) is 5.58. The van der Waals surface area contributed by atoms with Crippen LogP contribution in [0.2, 0.25) is 5.02 Å². The number of aliphatic hydroxyl groups excluding tert-OH is 1. The van der Waals surface area contributed by atoms with E-state index in [1.807, 2.05) is 0 Å². The highest BCUT2D eigenvalue weighted by molar-refractivity contribution is 9.10. The Bertz CT molecular complexity index is 455. The van der Waals surface area contributed by atoms with Crippen molar-refractivity contribution in [3.05, 3.63) is 33.3 Å². The van der Waals surface area contributed by atoms with Crippen LogP contribution in [0.25, 0.3) is 0 Å². The molecule has 1 aromatic rings. The van der Waals surface area contributed by atoms with E-state index >= 15 is 0 Å². The average molecular weight is 335 g/mol. The summed E-state index contributed by atoms with van der Waals surface area (Å²) < 4.78 is 6.07. The zero-order valence-electron chi connectivity index (χ0n) is 9.60. The monoisotopic (exact) mass is 333 g/mol. The lowest BCUT2D eigenvalue weighted by atomic mass is 10.1. The normalized spacial score (nSPS) is 19.9. The summed E-state index contributed by atoms with van der Waals surface area (Å²) in [5, 5.41) is 9.56. The van der Waals surface area contributed by atoms with Crippen molar-refractivity contribution in [2.24, 2.45) is 0 Å². The summed E-state index contributed by atoms with van der Waals surface area (Å²) in [7, 11) is 0. The van der Waals surface area contributed by atoms with Gasteiger partial charge in [-0.2, -0.15) is 0 Å². The van der Waals surface area contributed by atoms with Crippen LogP contribution >= 0.6 is 27.5 Å². The maximum Gasteiger partial charge on any atom is 0.254 e. The Labute approximate surface area is 119 Å². The second-order valence-electron chi connectivity index (χ2n) is 4.06. The van der Waals surface area contributed by atoms with Crippen molar-refractivity contribution in [3.63, 3.8) is 0 Å². The lowest BCUT2D eigenvalue weighted by Crippen LogP contribution is -2.46. The summed E-state index contributed by atoms with van der Waals surface area (Å²) in [6.07, 6.45) is -0.298. The van der Waals surface area contributed by atoms with Crippen molar-refractivity contribution in [3.8, 4) is 0 Å². The quantitative estimate of drug-likeness (QED) is 0.899. The zero-order valence-corrected chi connectivity index (χ0v) is 11.9. The number of halogens is 2. The third kappa shape index (κ3) is 3.03. The van der Waals surface area contributed by atoms with Crippen LogP contribution in [0.5, 0.6) is 0 Å². The van der Waals surface area contributed by atoms with Gasteiger partial charge in [-0.25, -0.2) is 0 Å². The van der Waals surface area contributed by atoms with E-state index in [2.05, 4.69) is 15.9 Å². The lowest BCUT2D eigenvalue weighted by molar-refractivity contribution is -0.0447. The van der Waals surface area contributed by atoms with E-state index in [0.717, 1.165) is 4.47 Å². The number of rotatable bonds is 2.